The van der Waals surface area contributed by atoms with Crippen LogP contribution in [0.25, 0.3) is 0 Å². The maximum Gasteiger partial charge on any atom is 0.211 e. The molecule has 1 unspecified atom stereocenters. The highest BCUT2D eigenvalue weighted by Crippen LogP contribution is 2.22. The van der Waals surface area contributed by atoms with Crippen LogP contribution in [0.2, 0.25) is 0 Å². The van der Waals surface area contributed by atoms with Crippen LogP contribution >= 0.6 is 0 Å². The maximum atomic E-state index is 12.8. The minimum atomic E-state index is -0.490. The smallest absolute Gasteiger partial charge is 0.211 e. The van der Waals surface area contributed by atoms with Crippen molar-refractivity contribution >= 4 is 5.78 Å². The van der Waals surface area contributed by atoms with E-state index in [-0.39, 0.29) is 24.7 Å². The zero-order chi connectivity index (χ0) is 13.7. The van der Waals surface area contributed by atoms with Crippen molar-refractivity contribution in [3.05, 3.63) is 45.8 Å². The van der Waals surface area contributed by atoms with Gasteiger partial charge in [-0.05, 0) is 17.7 Å². The molecular formula is C13H16FNO3. The second-order valence-corrected chi connectivity index (χ2v) is 4.59. The summed E-state index contributed by atoms with van der Waals surface area (Å²) in [6.45, 7) is 3.20. The molecule has 0 aromatic heterocycles. The van der Waals surface area contributed by atoms with Crippen LogP contribution in [0.5, 0.6) is 0 Å². The largest absolute Gasteiger partial charge is 0.299 e. The molecule has 1 rings (SSSR count). The summed E-state index contributed by atoms with van der Waals surface area (Å²) in [6, 6.07) is 5.50. The standard InChI is InChI=1S/C13H16FNO3/c1-9(2)13(16)7-11(8-15(17)18)10-3-5-12(14)6-4-10/h3-6,9,11H,7-8H2,1-2H3. The lowest BCUT2D eigenvalue weighted by atomic mass is 9.90. The van der Waals surface area contributed by atoms with Gasteiger partial charge in [-0.1, -0.05) is 26.0 Å². The molecule has 0 bridgehead atoms. The Labute approximate surface area is 105 Å². The lowest BCUT2D eigenvalue weighted by Crippen LogP contribution is -2.19. The number of halogens is 1. The highest BCUT2D eigenvalue weighted by Gasteiger charge is 2.22. The molecule has 0 saturated heterocycles. The molecule has 4 nitrogen and oxygen atoms in total. The number of Topliss-reactive ketones (excluding diaryl/α,β-unsaturated/α-hetero) is 1. The van der Waals surface area contributed by atoms with Crippen LogP contribution in [0, 0.1) is 21.8 Å². The minimum absolute atomic E-state index is 0.0221. The summed E-state index contributed by atoms with van der Waals surface area (Å²) in [6.07, 6.45) is 0.115. The predicted molar refractivity (Wildman–Crippen MR) is 65.5 cm³/mol. The number of hydrogen-bond acceptors (Lipinski definition) is 3. The molecule has 0 fully saturated rings. The van der Waals surface area contributed by atoms with Gasteiger partial charge in [-0.25, -0.2) is 4.39 Å². The molecule has 0 N–H and O–H groups in total. The van der Waals surface area contributed by atoms with Crippen LogP contribution in [0.15, 0.2) is 24.3 Å². The Morgan fingerprint density at radius 1 is 1.33 bits per heavy atom. The lowest BCUT2D eigenvalue weighted by molar-refractivity contribution is -0.483. The van der Waals surface area contributed by atoms with Gasteiger partial charge in [0.15, 0.2) is 0 Å². The van der Waals surface area contributed by atoms with E-state index in [9.17, 15) is 19.3 Å². The van der Waals surface area contributed by atoms with E-state index in [1.54, 1.807) is 13.8 Å². The molecule has 1 aromatic carbocycles. The van der Waals surface area contributed by atoms with Crippen LogP contribution in [0.4, 0.5) is 4.39 Å². The van der Waals surface area contributed by atoms with Crippen LogP contribution in [0.1, 0.15) is 31.7 Å². The van der Waals surface area contributed by atoms with Crippen molar-refractivity contribution in [3.63, 3.8) is 0 Å². The normalized spacial score (nSPS) is 12.4. The molecule has 0 radical (unpaired) electrons. The van der Waals surface area contributed by atoms with Crippen LogP contribution < -0.4 is 0 Å². The first-order valence-electron chi connectivity index (χ1n) is 5.80. The highest BCUT2D eigenvalue weighted by molar-refractivity contribution is 5.81. The van der Waals surface area contributed by atoms with E-state index >= 15 is 0 Å². The fraction of sp³-hybridized carbons (Fsp3) is 0.462. The molecule has 5 heteroatoms. The number of ketones is 1. The molecule has 0 spiro atoms. The SMILES string of the molecule is CC(C)C(=O)CC(C[N+](=O)[O-])c1ccc(F)cc1. The molecular weight excluding hydrogens is 237 g/mol. The van der Waals surface area contributed by atoms with Crippen molar-refractivity contribution in [2.75, 3.05) is 6.54 Å². The number of nitrogens with zero attached hydrogens (tertiary/aromatic N) is 1. The van der Waals surface area contributed by atoms with Gasteiger partial charge in [-0.3, -0.25) is 14.9 Å². The summed E-state index contributed by atoms with van der Waals surface area (Å²) in [7, 11) is 0. The lowest BCUT2D eigenvalue weighted by Gasteiger charge is -2.13. The summed E-state index contributed by atoms with van der Waals surface area (Å²) in [5.74, 6) is -1.06. The first-order valence-corrected chi connectivity index (χ1v) is 5.80. The Morgan fingerprint density at radius 3 is 2.33 bits per heavy atom. The van der Waals surface area contributed by atoms with Crippen molar-refractivity contribution < 1.29 is 14.1 Å². The number of rotatable bonds is 6. The zero-order valence-corrected chi connectivity index (χ0v) is 10.4. The third kappa shape index (κ3) is 4.24. The molecule has 0 aliphatic rings. The van der Waals surface area contributed by atoms with E-state index in [0.29, 0.717) is 5.56 Å². The van der Waals surface area contributed by atoms with Gasteiger partial charge in [0.2, 0.25) is 6.54 Å². The van der Waals surface area contributed by atoms with Gasteiger partial charge in [0.1, 0.15) is 11.6 Å². The molecule has 0 aliphatic carbocycles. The Bertz CT molecular complexity index is 428. The molecule has 98 valence electrons. The predicted octanol–water partition coefficient (Wildman–Crippen LogP) is 2.80. The van der Waals surface area contributed by atoms with Crippen LogP contribution in [-0.4, -0.2) is 17.3 Å². The highest BCUT2D eigenvalue weighted by atomic mass is 19.1. The van der Waals surface area contributed by atoms with E-state index in [1.807, 2.05) is 0 Å². The van der Waals surface area contributed by atoms with E-state index in [1.165, 1.54) is 24.3 Å². The van der Waals surface area contributed by atoms with Gasteiger partial charge in [0.25, 0.3) is 0 Å². The number of nitro groups is 1. The number of carbonyl (C=O) groups is 1. The number of carbonyl (C=O) groups excluding carboxylic acids is 1. The summed E-state index contributed by atoms with van der Waals surface area (Å²) in [5, 5.41) is 10.6. The van der Waals surface area contributed by atoms with Crippen molar-refractivity contribution in [2.45, 2.75) is 26.2 Å². The van der Waals surface area contributed by atoms with E-state index < -0.39 is 16.7 Å². The van der Waals surface area contributed by atoms with Crippen LogP contribution in [-0.2, 0) is 4.79 Å². The van der Waals surface area contributed by atoms with Crippen molar-refractivity contribution in [3.8, 4) is 0 Å². The topological polar surface area (TPSA) is 60.2 Å². The monoisotopic (exact) mass is 253 g/mol. The van der Waals surface area contributed by atoms with Gasteiger partial charge in [-0.15, -0.1) is 0 Å². The second kappa shape index (κ2) is 6.23. The molecule has 0 aliphatic heterocycles. The Balaban J connectivity index is 2.87. The summed E-state index contributed by atoms with van der Waals surface area (Å²) in [5.41, 5.74) is 0.627. The number of hydrogen-bond donors (Lipinski definition) is 0. The summed E-state index contributed by atoms with van der Waals surface area (Å²) in [4.78, 5) is 21.9. The third-order valence-electron chi connectivity index (χ3n) is 2.80. The van der Waals surface area contributed by atoms with Gasteiger partial charge in [-0.2, -0.15) is 0 Å². The average molecular weight is 253 g/mol. The molecule has 1 aromatic rings. The zero-order valence-electron chi connectivity index (χ0n) is 10.4. The molecule has 0 heterocycles. The first-order chi connectivity index (χ1) is 8.40. The molecule has 1 atom stereocenters. The van der Waals surface area contributed by atoms with Crippen molar-refractivity contribution in [1.29, 1.82) is 0 Å². The first kappa shape index (κ1) is 14.3. The minimum Gasteiger partial charge on any atom is -0.299 e. The van der Waals surface area contributed by atoms with Gasteiger partial charge >= 0.3 is 0 Å². The number of benzene rings is 1. The fourth-order valence-corrected chi connectivity index (χ4v) is 1.68. The molecule has 18 heavy (non-hydrogen) atoms. The Kier molecular flexibility index (Phi) is 4.95. The quantitative estimate of drug-likeness (QED) is 0.578. The third-order valence-corrected chi connectivity index (χ3v) is 2.80. The van der Waals surface area contributed by atoms with Crippen molar-refractivity contribution in [2.24, 2.45) is 5.92 Å². The van der Waals surface area contributed by atoms with Crippen molar-refractivity contribution in [1.82, 2.24) is 0 Å². The summed E-state index contributed by atoms with van der Waals surface area (Å²) < 4.78 is 12.8. The maximum absolute atomic E-state index is 12.8. The Morgan fingerprint density at radius 2 is 1.89 bits per heavy atom. The second-order valence-electron chi connectivity index (χ2n) is 4.59. The van der Waals surface area contributed by atoms with E-state index in [0.717, 1.165) is 0 Å². The van der Waals surface area contributed by atoms with Gasteiger partial charge in [0.05, 0.1) is 5.92 Å². The van der Waals surface area contributed by atoms with E-state index in [4.69, 9.17) is 0 Å². The van der Waals surface area contributed by atoms with Gasteiger partial charge in [0, 0.05) is 17.3 Å². The molecule has 0 amide bonds. The van der Waals surface area contributed by atoms with E-state index in [2.05, 4.69) is 0 Å². The Hall–Kier alpha value is -1.78. The average Bonchev–Trinajstić information content (AvgIpc) is 2.28. The molecule has 0 saturated carbocycles. The van der Waals surface area contributed by atoms with Crippen LogP contribution in [0.3, 0.4) is 0 Å². The fourth-order valence-electron chi connectivity index (χ4n) is 1.68. The summed E-state index contributed by atoms with van der Waals surface area (Å²) >= 11 is 0. The van der Waals surface area contributed by atoms with Gasteiger partial charge < -0.3 is 0 Å².